The number of pyridine rings is 1. The Kier molecular flexibility index (Phi) is 5.57. The number of hydrogen-bond acceptors (Lipinski definition) is 4. The molecule has 144 valence electrons. The fourth-order valence-corrected chi connectivity index (χ4v) is 5.50. The van der Waals surface area contributed by atoms with Gasteiger partial charge in [-0.15, -0.1) is 0 Å². The van der Waals surface area contributed by atoms with Crippen molar-refractivity contribution in [3.63, 3.8) is 0 Å². The van der Waals surface area contributed by atoms with Crippen LogP contribution in [-0.4, -0.2) is 26.6 Å². The van der Waals surface area contributed by atoms with Gasteiger partial charge in [0.05, 0.1) is 10.9 Å². The van der Waals surface area contributed by atoms with Gasteiger partial charge in [0.1, 0.15) is 0 Å². The van der Waals surface area contributed by atoms with E-state index in [0.717, 1.165) is 37.7 Å². The number of sulfonamides is 1. The van der Waals surface area contributed by atoms with Gasteiger partial charge in [0.15, 0.2) is 0 Å². The zero-order chi connectivity index (χ0) is 18.7. The lowest BCUT2D eigenvalue weighted by molar-refractivity contribution is 0.0564. The molecule has 4 rings (SSSR count). The minimum Gasteiger partial charge on any atom is -0.381 e. The second kappa shape index (κ2) is 8.09. The lowest BCUT2D eigenvalue weighted by Crippen LogP contribution is -2.36. The van der Waals surface area contributed by atoms with E-state index in [1.165, 1.54) is 17.5 Å². The van der Waals surface area contributed by atoms with E-state index in [1.54, 1.807) is 18.5 Å². The molecule has 0 bridgehead atoms. The smallest absolute Gasteiger partial charge is 0.241 e. The molecule has 1 aliphatic carbocycles. The van der Waals surface area contributed by atoms with Crippen LogP contribution in [0.2, 0.25) is 0 Å². The van der Waals surface area contributed by atoms with Crippen molar-refractivity contribution >= 4 is 10.0 Å². The normalized spacial score (nSPS) is 19.4. The quantitative estimate of drug-likeness (QED) is 0.855. The maximum absolute atomic E-state index is 13.2. The molecule has 0 radical (unpaired) electrons. The lowest BCUT2D eigenvalue weighted by atomic mass is 9.88. The third-order valence-electron chi connectivity index (χ3n) is 5.69. The molecule has 1 N–H and O–H groups in total. The average Bonchev–Trinajstić information content (AvgIpc) is 2.73. The van der Waals surface area contributed by atoms with Gasteiger partial charge in [-0.3, -0.25) is 4.98 Å². The largest absolute Gasteiger partial charge is 0.381 e. The summed E-state index contributed by atoms with van der Waals surface area (Å²) in [4.78, 5) is 4.56. The van der Waals surface area contributed by atoms with Crippen molar-refractivity contribution in [2.45, 2.75) is 49.5 Å². The van der Waals surface area contributed by atoms with Crippen LogP contribution < -0.4 is 4.72 Å². The Morgan fingerprint density at radius 1 is 1.07 bits per heavy atom. The Bertz CT molecular complexity index is 878. The standard InChI is InChI=1S/C21H26N2O3S/c24-27(25,20-8-7-16-4-1-2-5-18(16)14-20)23-21(17-9-12-26-13-10-17)19-6-3-11-22-15-19/h3,6-8,11,14-15,17,21,23H,1-2,4-5,9-10,12-13H2. The highest BCUT2D eigenvalue weighted by molar-refractivity contribution is 7.89. The molecule has 1 aromatic heterocycles. The maximum Gasteiger partial charge on any atom is 0.241 e. The van der Waals surface area contributed by atoms with Crippen molar-refractivity contribution in [3.05, 3.63) is 59.4 Å². The zero-order valence-corrected chi connectivity index (χ0v) is 16.2. The maximum atomic E-state index is 13.2. The van der Waals surface area contributed by atoms with Gasteiger partial charge in [0.25, 0.3) is 0 Å². The molecule has 2 aliphatic rings. The molecule has 1 aromatic carbocycles. The van der Waals surface area contributed by atoms with Gasteiger partial charge in [0, 0.05) is 25.6 Å². The van der Waals surface area contributed by atoms with Gasteiger partial charge in [-0.05, 0) is 79.3 Å². The van der Waals surface area contributed by atoms with Crippen LogP contribution in [0.15, 0.2) is 47.6 Å². The van der Waals surface area contributed by atoms with Crippen molar-refractivity contribution in [3.8, 4) is 0 Å². The highest BCUT2D eigenvalue weighted by Crippen LogP contribution is 2.32. The van der Waals surface area contributed by atoms with E-state index in [9.17, 15) is 8.42 Å². The van der Waals surface area contributed by atoms with Crippen LogP contribution in [0.4, 0.5) is 0 Å². The summed E-state index contributed by atoms with van der Waals surface area (Å²) in [5, 5.41) is 0. The fourth-order valence-electron chi connectivity index (χ4n) is 4.16. The SMILES string of the molecule is O=S(=O)(NC(c1cccnc1)C1CCOCC1)c1ccc2c(c1)CCCC2. The Hall–Kier alpha value is -1.76. The predicted molar refractivity (Wildman–Crippen MR) is 104 cm³/mol. The number of nitrogens with zero attached hydrogens (tertiary/aromatic N) is 1. The molecule has 1 saturated heterocycles. The molecule has 6 heteroatoms. The molecular weight excluding hydrogens is 360 g/mol. The molecule has 1 aliphatic heterocycles. The molecule has 1 fully saturated rings. The molecular formula is C21H26N2O3S. The molecule has 0 amide bonds. The number of benzene rings is 1. The van der Waals surface area contributed by atoms with Crippen molar-refractivity contribution in [2.24, 2.45) is 5.92 Å². The summed E-state index contributed by atoms with van der Waals surface area (Å²) in [7, 11) is -3.61. The minimum atomic E-state index is -3.61. The second-order valence-electron chi connectivity index (χ2n) is 7.47. The van der Waals surface area contributed by atoms with Gasteiger partial charge >= 0.3 is 0 Å². The van der Waals surface area contributed by atoms with Gasteiger partial charge in [-0.1, -0.05) is 12.1 Å². The first kappa shape index (κ1) is 18.6. The van der Waals surface area contributed by atoms with Gasteiger partial charge in [-0.25, -0.2) is 13.1 Å². The topological polar surface area (TPSA) is 68.3 Å². The summed E-state index contributed by atoms with van der Waals surface area (Å²) in [6, 6.07) is 9.11. The van der Waals surface area contributed by atoms with Crippen LogP contribution in [0.25, 0.3) is 0 Å². The van der Waals surface area contributed by atoms with E-state index in [2.05, 4.69) is 9.71 Å². The van der Waals surface area contributed by atoms with Gasteiger partial charge < -0.3 is 4.74 Å². The average molecular weight is 387 g/mol. The molecule has 2 aromatic rings. The summed E-state index contributed by atoms with van der Waals surface area (Å²) in [5.74, 6) is 0.204. The Balaban J connectivity index is 1.63. The third kappa shape index (κ3) is 4.23. The number of aromatic nitrogens is 1. The lowest BCUT2D eigenvalue weighted by Gasteiger charge is -2.31. The number of hydrogen-bond donors (Lipinski definition) is 1. The fraction of sp³-hybridized carbons (Fsp3) is 0.476. The highest BCUT2D eigenvalue weighted by Gasteiger charge is 2.30. The highest BCUT2D eigenvalue weighted by atomic mass is 32.2. The Morgan fingerprint density at radius 3 is 2.59 bits per heavy atom. The summed E-state index contributed by atoms with van der Waals surface area (Å²) in [6.45, 7) is 1.34. The van der Waals surface area contributed by atoms with Crippen molar-refractivity contribution in [2.75, 3.05) is 13.2 Å². The molecule has 0 spiro atoms. The first-order chi connectivity index (χ1) is 13.1. The number of aryl methyl sites for hydroxylation is 2. The summed E-state index contributed by atoms with van der Waals surface area (Å²) < 4.78 is 34.8. The Labute approximate surface area is 161 Å². The van der Waals surface area contributed by atoms with Gasteiger partial charge in [-0.2, -0.15) is 0 Å². The van der Waals surface area contributed by atoms with E-state index in [0.29, 0.717) is 18.1 Å². The van der Waals surface area contributed by atoms with Crippen LogP contribution in [-0.2, 0) is 27.6 Å². The first-order valence-electron chi connectivity index (χ1n) is 9.75. The monoisotopic (exact) mass is 386 g/mol. The van der Waals surface area contributed by atoms with Crippen LogP contribution in [0.5, 0.6) is 0 Å². The molecule has 0 saturated carbocycles. The van der Waals surface area contributed by atoms with Crippen LogP contribution >= 0.6 is 0 Å². The van der Waals surface area contributed by atoms with Crippen LogP contribution in [0.1, 0.15) is 48.4 Å². The first-order valence-corrected chi connectivity index (χ1v) is 11.2. The van der Waals surface area contributed by atoms with E-state index in [4.69, 9.17) is 4.74 Å². The summed E-state index contributed by atoms with van der Waals surface area (Å²) >= 11 is 0. The summed E-state index contributed by atoms with van der Waals surface area (Å²) in [6.07, 6.45) is 9.47. The van der Waals surface area contributed by atoms with Crippen molar-refractivity contribution in [1.82, 2.24) is 9.71 Å². The van der Waals surface area contributed by atoms with Crippen molar-refractivity contribution < 1.29 is 13.2 Å². The number of fused-ring (bicyclic) bond motifs is 1. The molecule has 5 nitrogen and oxygen atoms in total. The molecule has 1 unspecified atom stereocenters. The number of ether oxygens (including phenoxy) is 1. The molecule has 1 atom stereocenters. The Morgan fingerprint density at radius 2 is 1.85 bits per heavy atom. The third-order valence-corrected chi connectivity index (χ3v) is 7.13. The van der Waals surface area contributed by atoms with E-state index >= 15 is 0 Å². The molecule has 2 heterocycles. The van der Waals surface area contributed by atoms with E-state index < -0.39 is 10.0 Å². The second-order valence-corrected chi connectivity index (χ2v) is 9.19. The minimum absolute atomic E-state index is 0.204. The van der Waals surface area contributed by atoms with E-state index in [-0.39, 0.29) is 12.0 Å². The molecule has 27 heavy (non-hydrogen) atoms. The number of rotatable bonds is 5. The van der Waals surface area contributed by atoms with Gasteiger partial charge in [0.2, 0.25) is 10.0 Å². The van der Waals surface area contributed by atoms with Crippen molar-refractivity contribution in [1.29, 1.82) is 0 Å². The predicted octanol–water partition coefficient (Wildman–Crippen LogP) is 3.41. The van der Waals surface area contributed by atoms with E-state index in [1.807, 2.05) is 24.3 Å². The van der Waals surface area contributed by atoms with Crippen LogP contribution in [0, 0.1) is 5.92 Å². The number of nitrogens with one attached hydrogen (secondary N) is 1. The van der Waals surface area contributed by atoms with Crippen LogP contribution in [0.3, 0.4) is 0 Å². The summed E-state index contributed by atoms with van der Waals surface area (Å²) in [5.41, 5.74) is 3.37. The zero-order valence-electron chi connectivity index (χ0n) is 15.4.